The summed E-state index contributed by atoms with van der Waals surface area (Å²) in [5, 5.41) is 2.72. The molecule has 3 aliphatic heterocycles. The third-order valence-corrected chi connectivity index (χ3v) is 7.39. The van der Waals surface area contributed by atoms with Gasteiger partial charge in [-0.1, -0.05) is 0 Å². The molecule has 1 aromatic carbocycles. The Morgan fingerprint density at radius 2 is 1.74 bits per heavy atom. The van der Waals surface area contributed by atoms with Crippen LogP contribution in [-0.2, 0) is 19.1 Å². The van der Waals surface area contributed by atoms with Crippen molar-refractivity contribution in [3.63, 3.8) is 0 Å². The average molecular weight is 473 g/mol. The van der Waals surface area contributed by atoms with Crippen LogP contribution in [0.15, 0.2) is 18.2 Å². The monoisotopic (exact) mass is 472 g/mol. The summed E-state index contributed by atoms with van der Waals surface area (Å²) in [6.07, 6.45) is 6.67. The molecule has 3 heterocycles. The van der Waals surface area contributed by atoms with Crippen molar-refractivity contribution < 1.29 is 33.3 Å². The van der Waals surface area contributed by atoms with Gasteiger partial charge in [-0.3, -0.25) is 19.8 Å². The molecule has 1 aliphatic carbocycles. The van der Waals surface area contributed by atoms with Crippen LogP contribution < -0.4 is 14.8 Å². The molecule has 9 nitrogen and oxygen atoms in total. The number of hydrogen-bond acceptors (Lipinski definition) is 7. The van der Waals surface area contributed by atoms with Crippen LogP contribution in [0.3, 0.4) is 0 Å². The SMILES string of the molecule is COc1ccc(NC(=O)OCCCCN2C(=O)C3C4CCC(O4)C3C2=O)cc1OC1CCCC1. The lowest BCUT2D eigenvalue weighted by Gasteiger charge is -2.17. The Hall–Kier alpha value is -2.81. The number of anilines is 1. The Morgan fingerprint density at radius 1 is 1.03 bits per heavy atom. The van der Waals surface area contributed by atoms with Crippen molar-refractivity contribution in [1.29, 1.82) is 0 Å². The summed E-state index contributed by atoms with van der Waals surface area (Å²) in [6, 6.07) is 5.24. The number of nitrogens with zero attached hydrogens (tertiary/aromatic N) is 1. The van der Waals surface area contributed by atoms with Gasteiger partial charge in [0.2, 0.25) is 11.8 Å². The van der Waals surface area contributed by atoms with Crippen LogP contribution in [0.4, 0.5) is 10.5 Å². The van der Waals surface area contributed by atoms with Crippen molar-refractivity contribution in [3.05, 3.63) is 18.2 Å². The predicted molar refractivity (Wildman–Crippen MR) is 122 cm³/mol. The highest BCUT2D eigenvalue weighted by molar-refractivity contribution is 6.06. The normalized spacial score (nSPS) is 27.9. The molecule has 3 saturated heterocycles. The summed E-state index contributed by atoms with van der Waals surface area (Å²) >= 11 is 0. The fraction of sp³-hybridized carbons (Fsp3) is 0.640. The minimum Gasteiger partial charge on any atom is -0.493 e. The number of unbranched alkanes of at least 4 members (excludes halogenated alkanes) is 1. The van der Waals surface area contributed by atoms with Crippen molar-refractivity contribution >= 4 is 23.6 Å². The molecule has 4 atom stereocenters. The zero-order chi connectivity index (χ0) is 23.7. The number of imide groups is 1. The van der Waals surface area contributed by atoms with E-state index in [2.05, 4.69) is 5.32 Å². The molecular weight excluding hydrogens is 440 g/mol. The zero-order valence-corrected chi connectivity index (χ0v) is 19.5. The summed E-state index contributed by atoms with van der Waals surface area (Å²) in [7, 11) is 1.59. The topological polar surface area (TPSA) is 103 Å². The number of ether oxygens (including phenoxy) is 4. The first kappa shape index (κ1) is 23.0. The van der Waals surface area contributed by atoms with E-state index in [9.17, 15) is 14.4 Å². The number of fused-ring (bicyclic) bond motifs is 5. The number of hydrogen-bond donors (Lipinski definition) is 1. The molecule has 3 amide bonds. The average Bonchev–Trinajstić information content (AvgIpc) is 3.61. The minimum absolute atomic E-state index is 0.0921. The van der Waals surface area contributed by atoms with Crippen LogP contribution in [-0.4, -0.2) is 61.4 Å². The van der Waals surface area contributed by atoms with Gasteiger partial charge >= 0.3 is 6.09 Å². The third-order valence-electron chi connectivity index (χ3n) is 7.39. The fourth-order valence-electron chi connectivity index (χ4n) is 5.72. The number of likely N-dealkylation sites (tertiary alicyclic amines) is 1. The fourth-order valence-corrected chi connectivity index (χ4v) is 5.72. The van der Waals surface area contributed by atoms with Crippen LogP contribution in [0.25, 0.3) is 0 Å². The van der Waals surface area contributed by atoms with Crippen LogP contribution >= 0.6 is 0 Å². The number of carbonyl (C=O) groups is 3. The number of rotatable bonds is 9. The standard InChI is InChI=1S/C25H32N2O7/c1-31-17-9-8-15(14-20(17)33-16-6-2-3-7-16)26-25(30)32-13-5-4-12-27-23(28)21-18-10-11-19(34-18)22(21)24(27)29/h8-9,14,16,18-19,21-22H,2-7,10-13H2,1H3,(H,26,30). The molecule has 184 valence electrons. The van der Waals surface area contributed by atoms with Crippen LogP contribution in [0.2, 0.25) is 0 Å². The van der Waals surface area contributed by atoms with E-state index in [0.29, 0.717) is 36.6 Å². The van der Waals surface area contributed by atoms with Crippen LogP contribution in [0.5, 0.6) is 11.5 Å². The molecule has 0 aromatic heterocycles. The molecular formula is C25H32N2O7. The van der Waals surface area contributed by atoms with E-state index in [1.54, 1.807) is 25.3 Å². The van der Waals surface area contributed by atoms with Gasteiger partial charge in [-0.05, 0) is 63.5 Å². The number of methoxy groups -OCH3 is 1. The Labute approximate surface area is 199 Å². The molecule has 0 radical (unpaired) electrons. The maximum absolute atomic E-state index is 12.7. The van der Waals surface area contributed by atoms with Crippen LogP contribution in [0.1, 0.15) is 51.4 Å². The summed E-state index contributed by atoms with van der Waals surface area (Å²) in [5.41, 5.74) is 0.565. The van der Waals surface area contributed by atoms with Gasteiger partial charge in [0, 0.05) is 18.3 Å². The van der Waals surface area contributed by atoms with E-state index < -0.39 is 6.09 Å². The van der Waals surface area contributed by atoms with Gasteiger partial charge in [-0.2, -0.15) is 0 Å². The number of amides is 3. The highest BCUT2D eigenvalue weighted by Crippen LogP contribution is 2.48. The summed E-state index contributed by atoms with van der Waals surface area (Å²) in [6.45, 7) is 0.556. The number of nitrogens with one attached hydrogen (secondary N) is 1. The molecule has 34 heavy (non-hydrogen) atoms. The van der Waals surface area contributed by atoms with Crippen molar-refractivity contribution in [1.82, 2.24) is 4.90 Å². The molecule has 1 saturated carbocycles. The highest BCUT2D eigenvalue weighted by atomic mass is 16.5. The largest absolute Gasteiger partial charge is 0.493 e. The second kappa shape index (κ2) is 9.82. The maximum Gasteiger partial charge on any atom is 0.411 e. The Morgan fingerprint density at radius 3 is 2.41 bits per heavy atom. The van der Waals surface area contributed by atoms with Gasteiger partial charge in [0.15, 0.2) is 11.5 Å². The summed E-state index contributed by atoms with van der Waals surface area (Å²) < 4.78 is 22.5. The Balaban J connectivity index is 1.05. The molecule has 5 rings (SSSR count). The highest BCUT2D eigenvalue weighted by Gasteiger charge is 2.62. The van der Waals surface area contributed by atoms with Crippen molar-refractivity contribution in [3.8, 4) is 11.5 Å². The van der Waals surface area contributed by atoms with Crippen molar-refractivity contribution in [2.75, 3.05) is 25.6 Å². The Bertz CT molecular complexity index is 917. The molecule has 1 aromatic rings. The van der Waals surface area contributed by atoms with E-state index in [-0.39, 0.29) is 48.6 Å². The van der Waals surface area contributed by atoms with Crippen LogP contribution in [0, 0.1) is 11.8 Å². The lowest BCUT2D eigenvalue weighted by Crippen LogP contribution is -2.35. The molecule has 1 N–H and O–H groups in total. The second-order valence-electron chi connectivity index (χ2n) is 9.53. The zero-order valence-electron chi connectivity index (χ0n) is 19.5. The van der Waals surface area contributed by atoms with E-state index in [1.807, 2.05) is 0 Å². The summed E-state index contributed by atoms with van der Waals surface area (Å²) in [4.78, 5) is 38.9. The van der Waals surface area contributed by atoms with Gasteiger partial charge in [0.25, 0.3) is 0 Å². The van der Waals surface area contributed by atoms with Gasteiger partial charge in [-0.25, -0.2) is 4.79 Å². The Kier molecular flexibility index (Phi) is 6.63. The van der Waals surface area contributed by atoms with Gasteiger partial charge in [-0.15, -0.1) is 0 Å². The first-order valence-electron chi connectivity index (χ1n) is 12.3. The minimum atomic E-state index is -0.562. The molecule has 4 aliphatic rings. The van der Waals surface area contributed by atoms with E-state index in [0.717, 1.165) is 38.5 Å². The van der Waals surface area contributed by atoms with Gasteiger partial charge < -0.3 is 18.9 Å². The molecule has 4 fully saturated rings. The van der Waals surface area contributed by atoms with Gasteiger partial charge in [0.1, 0.15) is 0 Å². The lowest BCUT2D eigenvalue weighted by molar-refractivity contribution is -0.142. The van der Waals surface area contributed by atoms with E-state index in [1.165, 1.54) is 4.90 Å². The molecule has 9 heteroatoms. The molecule has 2 bridgehead atoms. The second-order valence-corrected chi connectivity index (χ2v) is 9.53. The maximum atomic E-state index is 12.7. The molecule has 4 unspecified atom stereocenters. The lowest BCUT2D eigenvalue weighted by atomic mass is 9.81. The van der Waals surface area contributed by atoms with Gasteiger partial charge in [0.05, 0.1) is 43.9 Å². The predicted octanol–water partition coefficient (Wildman–Crippen LogP) is 3.51. The molecule has 0 spiro atoms. The first-order valence-corrected chi connectivity index (χ1v) is 12.3. The van der Waals surface area contributed by atoms with E-state index in [4.69, 9.17) is 18.9 Å². The summed E-state index contributed by atoms with van der Waals surface area (Å²) in [5.74, 6) is 0.448. The third kappa shape index (κ3) is 4.45. The van der Waals surface area contributed by atoms with Crippen molar-refractivity contribution in [2.45, 2.75) is 69.7 Å². The first-order chi connectivity index (χ1) is 16.5. The number of carbonyl (C=O) groups excluding carboxylic acids is 3. The quantitative estimate of drug-likeness (QED) is 0.433. The smallest absolute Gasteiger partial charge is 0.411 e. The van der Waals surface area contributed by atoms with E-state index >= 15 is 0 Å². The van der Waals surface area contributed by atoms with Crippen molar-refractivity contribution in [2.24, 2.45) is 11.8 Å². The number of benzene rings is 1.